The summed E-state index contributed by atoms with van der Waals surface area (Å²) < 4.78 is 77.8. The Hall–Kier alpha value is -0.110. The molecule has 42 valence electrons. The van der Waals surface area contributed by atoms with Crippen molar-refractivity contribution in [2.75, 3.05) is 13.0 Å². The van der Waals surface area contributed by atoms with Crippen LogP contribution in [0.25, 0.3) is 0 Å². The van der Waals surface area contributed by atoms with E-state index in [0.29, 0.717) is 0 Å². The lowest BCUT2D eigenvalue weighted by Crippen LogP contribution is -2.28. The summed E-state index contributed by atoms with van der Waals surface area (Å²) in [6.07, 6.45) is -11.1. The summed E-state index contributed by atoms with van der Waals surface area (Å²) in [5.41, 5.74) is 0. The Morgan fingerprint density at radius 1 is 1.71 bits per heavy atom. The van der Waals surface area contributed by atoms with Gasteiger partial charge in [0.15, 0.2) is 0 Å². The molecule has 1 N–H and O–H groups in total. The van der Waals surface area contributed by atoms with E-state index in [1.54, 1.807) is 0 Å². The van der Waals surface area contributed by atoms with Gasteiger partial charge >= 0.3 is 0 Å². The predicted octanol–water partition coefficient (Wildman–Crippen LogP) is 0.708. The van der Waals surface area contributed by atoms with Gasteiger partial charge in [0.05, 0.1) is 1.37 Å². The Morgan fingerprint density at radius 3 is 2.86 bits per heavy atom. The Balaban J connectivity index is 3.43. The van der Waals surface area contributed by atoms with Gasteiger partial charge in [0, 0.05) is 11.0 Å². The van der Waals surface area contributed by atoms with E-state index in [9.17, 15) is 4.39 Å². The van der Waals surface area contributed by atoms with E-state index in [4.69, 9.17) is 12.3 Å². The third-order valence-corrected chi connectivity index (χ3v) is 0.469. The van der Waals surface area contributed by atoms with Crippen molar-refractivity contribution in [1.29, 1.82) is 0 Å². The van der Waals surface area contributed by atoms with Crippen molar-refractivity contribution in [2.45, 2.75) is 18.9 Å². The van der Waals surface area contributed by atoms with Crippen molar-refractivity contribution in [2.24, 2.45) is 0 Å². The minimum atomic E-state index is -4.06. The van der Waals surface area contributed by atoms with E-state index in [1.807, 2.05) is 0 Å². The second kappa shape index (κ2) is 2.26. The lowest BCUT2D eigenvalue weighted by atomic mass is 10.1. The van der Waals surface area contributed by atoms with E-state index in [2.05, 4.69) is 0 Å². The molecule has 7 heavy (non-hydrogen) atoms. The fourth-order valence-corrected chi connectivity index (χ4v) is 0.235. The molecule has 1 aliphatic heterocycles. The van der Waals surface area contributed by atoms with Crippen LogP contribution in [0.3, 0.4) is 0 Å². The maximum atomic E-state index is 13.8. The topological polar surface area (TPSA) is 12.0 Å². The minimum absolute atomic E-state index is 1.42. The standard InChI is InChI=1S/C5H10FN/c6-5-1-3-7-4-2-5/h5,7H,1-4H2/i1D2,2D2,3D2,4D2,5D. The first-order valence-electron chi connectivity index (χ1n) is 6.19. The number of halogens is 1. The summed E-state index contributed by atoms with van der Waals surface area (Å²) in [6.45, 7) is -6.39. The average molecular weight is 112 g/mol. The van der Waals surface area contributed by atoms with Crippen molar-refractivity contribution in [3.63, 3.8) is 0 Å². The second-order valence-corrected chi connectivity index (χ2v) is 0.939. The largest absolute Gasteiger partial charge is 0.317 e. The molecule has 2 heteroatoms. The fourth-order valence-electron chi connectivity index (χ4n) is 0.235. The van der Waals surface area contributed by atoms with Gasteiger partial charge < -0.3 is 5.32 Å². The quantitative estimate of drug-likeness (QED) is 0.486. The third kappa shape index (κ3) is 1.43. The van der Waals surface area contributed by atoms with Crippen molar-refractivity contribution in [1.82, 2.24) is 5.32 Å². The summed E-state index contributed by atoms with van der Waals surface area (Å²) in [5.74, 6) is 0. The highest BCUT2D eigenvalue weighted by Crippen LogP contribution is 2.04. The number of hydrogen-bond donors (Lipinski definition) is 1. The van der Waals surface area contributed by atoms with Gasteiger partial charge in [-0.2, -0.15) is 0 Å². The maximum absolute atomic E-state index is 13.8. The van der Waals surface area contributed by atoms with Crippen LogP contribution in [0, 0.1) is 0 Å². The number of nitrogens with one attached hydrogen (secondary N) is 1. The molecule has 0 aliphatic carbocycles. The van der Waals surface area contributed by atoms with Crippen molar-refractivity contribution < 1.29 is 16.7 Å². The second-order valence-electron chi connectivity index (χ2n) is 0.939. The van der Waals surface area contributed by atoms with Gasteiger partial charge in [0.1, 0.15) is 6.15 Å². The Morgan fingerprint density at radius 2 is 2.29 bits per heavy atom. The van der Waals surface area contributed by atoms with Crippen LogP contribution in [0.5, 0.6) is 0 Å². The van der Waals surface area contributed by atoms with Gasteiger partial charge in [-0.05, 0) is 25.7 Å². The van der Waals surface area contributed by atoms with E-state index in [0.717, 1.165) is 0 Å². The summed E-state index contributed by atoms with van der Waals surface area (Å²) in [6, 6.07) is 0. The number of rotatable bonds is 0. The SMILES string of the molecule is [2H]C1([2H])NC([2H])([2H])C([2H])([2H])C([2H])(F)C1([2H])[2H]. The smallest absolute Gasteiger partial charge is 0.103 e. The van der Waals surface area contributed by atoms with Crippen LogP contribution in [0.15, 0.2) is 0 Å². The summed E-state index contributed by atoms with van der Waals surface area (Å²) >= 11 is 0. The lowest BCUT2D eigenvalue weighted by molar-refractivity contribution is 0.262. The number of hydrogen-bond acceptors (Lipinski definition) is 1. The third-order valence-electron chi connectivity index (χ3n) is 0.469. The Kier molecular flexibility index (Phi) is 0.306. The molecule has 0 atom stereocenters. The monoisotopic (exact) mass is 112 g/mol. The van der Waals surface area contributed by atoms with E-state index >= 15 is 0 Å². The van der Waals surface area contributed by atoms with Gasteiger partial charge in [0.2, 0.25) is 0 Å². The van der Waals surface area contributed by atoms with Crippen LogP contribution in [0.4, 0.5) is 4.39 Å². The van der Waals surface area contributed by atoms with Crippen molar-refractivity contribution >= 4 is 0 Å². The van der Waals surface area contributed by atoms with E-state index < -0.39 is 31.9 Å². The van der Waals surface area contributed by atoms with Crippen molar-refractivity contribution in [3.8, 4) is 0 Å². The Bertz CT molecular complexity index is 283. The van der Waals surface area contributed by atoms with Crippen LogP contribution in [-0.2, 0) is 0 Å². The first-order chi connectivity index (χ1) is 6.71. The molecule has 0 bridgehead atoms. The molecule has 0 radical (unpaired) electrons. The van der Waals surface area contributed by atoms with Crippen LogP contribution >= 0.6 is 0 Å². The van der Waals surface area contributed by atoms with Crippen molar-refractivity contribution in [3.05, 3.63) is 0 Å². The highest BCUT2D eigenvalue weighted by atomic mass is 19.1. The molecule has 0 aromatic carbocycles. The zero-order chi connectivity index (χ0) is 13.2. The zero-order valence-electron chi connectivity index (χ0n) is 12.4. The summed E-state index contributed by atoms with van der Waals surface area (Å²) in [5, 5.41) is 1.42. The number of piperidine rings is 1. The van der Waals surface area contributed by atoms with Gasteiger partial charge in [-0.1, -0.05) is 0 Å². The molecular weight excluding hydrogens is 93.1 g/mol. The van der Waals surface area contributed by atoms with Gasteiger partial charge in [-0.25, -0.2) is 4.39 Å². The molecule has 1 saturated heterocycles. The molecular formula is C5H10FN. The zero-order valence-corrected chi connectivity index (χ0v) is 3.38. The highest BCUT2D eigenvalue weighted by Gasteiger charge is 2.09. The van der Waals surface area contributed by atoms with Crippen LogP contribution in [-0.4, -0.2) is 19.1 Å². The van der Waals surface area contributed by atoms with Gasteiger partial charge in [-0.15, -0.1) is 0 Å². The lowest BCUT2D eigenvalue weighted by Gasteiger charge is -2.14. The van der Waals surface area contributed by atoms with Crippen LogP contribution in [0.1, 0.15) is 25.1 Å². The highest BCUT2D eigenvalue weighted by molar-refractivity contribution is 4.65. The molecule has 1 rings (SSSR count). The summed E-state index contributed by atoms with van der Waals surface area (Å²) in [4.78, 5) is 0. The molecule has 0 unspecified atom stereocenters. The Labute approximate surface area is 55.6 Å². The van der Waals surface area contributed by atoms with Crippen LogP contribution in [0.2, 0.25) is 0 Å². The maximum Gasteiger partial charge on any atom is 0.103 e. The molecule has 1 aliphatic rings. The molecule has 1 heterocycles. The molecule has 1 fully saturated rings. The molecule has 0 aromatic heterocycles. The van der Waals surface area contributed by atoms with Gasteiger partial charge in [-0.3, -0.25) is 0 Å². The normalized spacial score (nSPS) is 77.6. The molecule has 0 spiro atoms. The minimum Gasteiger partial charge on any atom is -0.317 e. The molecule has 1 nitrogen and oxygen atoms in total. The van der Waals surface area contributed by atoms with Gasteiger partial charge in [0.25, 0.3) is 0 Å². The van der Waals surface area contributed by atoms with E-state index in [1.165, 1.54) is 5.32 Å². The molecule has 0 amide bonds. The molecule has 0 saturated carbocycles. The predicted molar refractivity (Wildman–Crippen MR) is 27.0 cm³/mol. The molecule has 0 aromatic rings. The first kappa shape index (κ1) is 0.947. The average Bonchev–Trinajstić information content (AvgIpc) is 1.98. The van der Waals surface area contributed by atoms with E-state index in [-0.39, 0.29) is 0 Å². The van der Waals surface area contributed by atoms with Crippen LogP contribution < -0.4 is 5.32 Å². The number of alkyl halides is 1. The first-order valence-corrected chi connectivity index (χ1v) is 1.69. The summed E-state index contributed by atoms with van der Waals surface area (Å²) in [7, 11) is 0. The fraction of sp³-hybridized carbons (Fsp3) is 1.00.